The van der Waals surface area contributed by atoms with Crippen LogP contribution in [0.25, 0.3) is 0 Å². The summed E-state index contributed by atoms with van der Waals surface area (Å²) < 4.78 is 49.0. The number of ether oxygens (including phenoxy) is 1. The Balaban J connectivity index is 1.88. The van der Waals surface area contributed by atoms with Gasteiger partial charge in [0.2, 0.25) is 0 Å². The number of phenols is 1. The van der Waals surface area contributed by atoms with Crippen LogP contribution in [0.15, 0.2) is 12.1 Å². The quantitative estimate of drug-likeness (QED) is 0.891. The van der Waals surface area contributed by atoms with Crippen molar-refractivity contribution in [1.82, 2.24) is 0 Å². The molecule has 132 valence electrons. The van der Waals surface area contributed by atoms with E-state index in [2.05, 4.69) is 0 Å². The van der Waals surface area contributed by atoms with E-state index in [0.29, 0.717) is 0 Å². The molecule has 1 unspecified atom stereocenters. The molecule has 25 heavy (non-hydrogen) atoms. The molecule has 2 bridgehead atoms. The molecule has 3 aliphatic carbocycles. The standard InChI is InChI=1S/C18H17F3N2O2/c1-16-4-6-17(7-5-16,15(19)18(16,20)21)10-25-14-3-2-13(24)11(8-22)12(14)9-23/h2-3,15,24H,4-7,10H2,1H3. The van der Waals surface area contributed by atoms with Crippen molar-refractivity contribution in [3.8, 4) is 23.6 Å². The second kappa shape index (κ2) is 5.56. The third-order valence-electron chi connectivity index (χ3n) is 5.89. The maximum Gasteiger partial charge on any atom is 0.284 e. The Morgan fingerprint density at radius 3 is 2.32 bits per heavy atom. The van der Waals surface area contributed by atoms with Gasteiger partial charge < -0.3 is 9.84 Å². The van der Waals surface area contributed by atoms with Gasteiger partial charge in [0.25, 0.3) is 5.92 Å². The predicted molar refractivity (Wildman–Crippen MR) is 81.9 cm³/mol. The first kappa shape index (κ1) is 17.4. The summed E-state index contributed by atoms with van der Waals surface area (Å²) in [6, 6.07) is 5.94. The normalized spacial score (nSPS) is 32.6. The smallest absolute Gasteiger partial charge is 0.284 e. The summed E-state index contributed by atoms with van der Waals surface area (Å²) >= 11 is 0. The first-order chi connectivity index (χ1) is 11.7. The molecule has 4 nitrogen and oxygen atoms in total. The molecule has 3 fully saturated rings. The Bertz CT molecular complexity index is 787. The Morgan fingerprint density at radius 2 is 1.76 bits per heavy atom. The number of hydrogen-bond acceptors (Lipinski definition) is 4. The van der Waals surface area contributed by atoms with E-state index < -0.39 is 22.9 Å². The molecular formula is C18H17F3N2O2. The maximum atomic E-state index is 14.7. The highest BCUT2D eigenvalue weighted by molar-refractivity contribution is 5.60. The van der Waals surface area contributed by atoms with Gasteiger partial charge in [-0.05, 0) is 37.8 Å². The molecule has 4 rings (SSSR count). The molecule has 0 aliphatic heterocycles. The molecule has 7 heteroatoms. The summed E-state index contributed by atoms with van der Waals surface area (Å²) in [6.45, 7) is 1.13. The topological polar surface area (TPSA) is 77.0 Å². The fourth-order valence-corrected chi connectivity index (χ4v) is 3.93. The van der Waals surface area contributed by atoms with Gasteiger partial charge >= 0.3 is 0 Å². The van der Waals surface area contributed by atoms with Crippen molar-refractivity contribution in [2.75, 3.05) is 6.61 Å². The van der Waals surface area contributed by atoms with Crippen LogP contribution in [0.5, 0.6) is 11.5 Å². The molecule has 3 aliphatic rings. The number of aromatic hydroxyl groups is 1. The van der Waals surface area contributed by atoms with Crippen LogP contribution in [0.3, 0.4) is 0 Å². The van der Waals surface area contributed by atoms with Gasteiger partial charge in [0.05, 0.1) is 6.61 Å². The minimum Gasteiger partial charge on any atom is -0.507 e. The molecule has 1 N–H and O–H groups in total. The molecule has 3 saturated carbocycles. The van der Waals surface area contributed by atoms with Crippen LogP contribution < -0.4 is 4.74 Å². The Hall–Kier alpha value is -2.41. The molecule has 0 saturated heterocycles. The Labute approximate surface area is 143 Å². The lowest BCUT2D eigenvalue weighted by molar-refractivity contribution is -0.267. The van der Waals surface area contributed by atoms with E-state index in [1.165, 1.54) is 19.1 Å². The molecule has 0 aromatic heterocycles. The van der Waals surface area contributed by atoms with Crippen LogP contribution in [0.1, 0.15) is 43.7 Å². The lowest BCUT2D eigenvalue weighted by Gasteiger charge is -2.57. The van der Waals surface area contributed by atoms with E-state index in [9.17, 15) is 23.5 Å². The number of rotatable bonds is 3. The lowest BCUT2D eigenvalue weighted by atomic mass is 9.51. The highest BCUT2D eigenvalue weighted by Crippen LogP contribution is 2.64. The van der Waals surface area contributed by atoms with Crippen molar-refractivity contribution < 1.29 is 23.0 Å². The largest absolute Gasteiger partial charge is 0.507 e. The monoisotopic (exact) mass is 350 g/mol. The van der Waals surface area contributed by atoms with Crippen molar-refractivity contribution in [1.29, 1.82) is 10.5 Å². The average molecular weight is 350 g/mol. The number of nitriles is 2. The van der Waals surface area contributed by atoms with Gasteiger partial charge in [0, 0.05) is 10.8 Å². The highest BCUT2D eigenvalue weighted by atomic mass is 19.3. The van der Waals surface area contributed by atoms with Gasteiger partial charge in [-0.15, -0.1) is 0 Å². The predicted octanol–water partition coefficient (Wildman–Crippen LogP) is 4.07. The molecule has 0 amide bonds. The number of hydrogen-bond donors (Lipinski definition) is 1. The van der Waals surface area contributed by atoms with Crippen molar-refractivity contribution in [3.05, 3.63) is 23.3 Å². The summed E-state index contributed by atoms with van der Waals surface area (Å²) in [6.07, 6.45) is -1.32. The summed E-state index contributed by atoms with van der Waals surface area (Å²) in [4.78, 5) is 0. The summed E-state index contributed by atoms with van der Waals surface area (Å²) in [5.74, 6) is -3.80. The zero-order valence-corrected chi connectivity index (χ0v) is 13.7. The van der Waals surface area contributed by atoms with Crippen molar-refractivity contribution in [2.24, 2.45) is 10.8 Å². The zero-order chi connectivity index (χ0) is 18.5. The average Bonchev–Trinajstić information content (AvgIpc) is 2.60. The molecule has 0 heterocycles. The first-order valence-corrected chi connectivity index (χ1v) is 8.02. The zero-order valence-electron chi connectivity index (χ0n) is 13.7. The van der Waals surface area contributed by atoms with Gasteiger partial charge in [-0.2, -0.15) is 10.5 Å². The van der Waals surface area contributed by atoms with Crippen LogP contribution in [-0.2, 0) is 0 Å². The van der Waals surface area contributed by atoms with Crippen molar-refractivity contribution >= 4 is 0 Å². The van der Waals surface area contributed by atoms with Gasteiger partial charge in [0.15, 0.2) is 6.17 Å². The number of halogens is 3. The molecule has 0 spiro atoms. The van der Waals surface area contributed by atoms with E-state index in [4.69, 9.17) is 10.00 Å². The number of fused-ring (bicyclic) bond motifs is 3. The fraction of sp³-hybridized carbons (Fsp3) is 0.556. The Kier molecular flexibility index (Phi) is 3.87. The van der Waals surface area contributed by atoms with Crippen LogP contribution in [0.4, 0.5) is 13.2 Å². The SMILES string of the molecule is CC12CCC(COc3ccc(O)c(C#N)c3C#N)(CC1)C(F)C2(F)F. The molecular weight excluding hydrogens is 333 g/mol. The summed E-state index contributed by atoms with van der Waals surface area (Å²) in [5, 5.41) is 27.9. The molecule has 0 radical (unpaired) electrons. The third-order valence-corrected chi connectivity index (χ3v) is 5.89. The van der Waals surface area contributed by atoms with Crippen LogP contribution >= 0.6 is 0 Å². The number of alkyl halides is 3. The molecule has 1 aromatic carbocycles. The minimum atomic E-state index is -3.42. The van der Waals surface area contributed by atoms with Gasteiger partial charge in [0.1, 0.15) is 34.8 Å². The van der Waals surface area contributed by atoms with E-state index in [0.717, 1.165) is 0 Å². The molecule has 1 aromatic rings. The van der Waals surface area contributed by atoms with Crippen LogP contribution in [-0.4, -0.2) is 23.8 Å². The maximum absolute atomic E-state index is 14.7. The lowest BCUT2D eigenvalue weighted by Crippen LogP contribution is -2.64. The third kappa shape index (κ3) is 2.33. The summed E-state index contributed by atoms with van der Waals surface area (Å²) in [5.41, 5.74) is -3.06. The fourth-order valence-electron chi connectivity index (χ4n) is 3.93. The highest BCUT2D eigenvalue weighted by Gasteiger charge is 2.70. The van der Waals surface area contributed by atoms with Gasteiger partial charge in [-0.25, -0.2) is 13.2 Å². The van der Waals surface area contributed by atoms with Gasteiger partial charge in [-0.3, -0.25) is 0 Å². The first-order valence-electron chi connectivity index (χ1n) is 8.02. The van der Waals surface area contributed by atoms with E-state index in [1.54, 1.807) is 12.1 Å². The number of nitrogens with zero attached hydrogens (tertiary/aromatic N) is 2. The van der Waals surface area contributed by atoms with Gasteiger partial charge in [-0.1, -0.05) is 6.92 Å². The minimum absolute atomic E-state index is 0.0133. The summed E-state index contributed by atoms with van der Waals surface area (Å²) in [7, 11) is 0. The van der Waals surface area contributed by atoms with E-state index in [-0.39, 0.29) is 54.9 Å². The Morgan fingerprint density at radius 1 is 1.16 bits per heavy atom. The second-order valence-corrected chi connectivity index (χ2v) is 7.25. The number of benzene rings is 1. The second-order valence-electron chi connectivity index (χ2n) is 7.25. The number of phenolic OH excluding ortho intramolecular Hbond substituents is 1. The van der Waals surface area contributed by atoms with E-state index in [1.807, 2.05) is 0 Å². The van der Waals surface area contributed by atoms with Crippen LogP contribution in [0.2, 0.25) is 0 Å². The van der Waals surface area contributed by atoms with Crippen molar-refractivity contribution in [2.45, 2.75) is 44.7 Å². The molecule has 1 atom stereocenters. The van der Waals surface area contributed by atoms with Crippen molar-refractivity contribution in [3.63, 3.8) is 0 Å². The van der Waals surface area contributed by atoms with Crippen LogP contribution in [0, 0.1) is 33.5 Å². The van der Waals surface area contributed by atoms with E-state index >= 15 is 0 Å².